The summed E-state index contributed by atoms with van der Waals surface area (Å²) >= 11 is 0. The SMILES string of the molecule is O=S(=O)(Cc1cccnc1)NCC1CCCNC1. The largest absolute Gasteiger partial charge is 0.316 e. The molecule has 2 heterocycles. The Morgan fingerprint density at radius 2 is 2.39 bits per heavy atom. The molecule has 1 aliphatic heterocycles. The highest BCUT2D eigenvalue weighted by molar-refractivity contribution is 7.88. The van der Waals surface area contributed by atoms with Gasteiger partial charge in [-0.1, -0.05) is 6.07 Å². The number of rotatable bonds is 5. The highest BCUT2D eigenvalue weighted by Crippen LogP contribution is 2.09. The standard InChI is InChI=1S/C12H19N3O2S/c16-18(17,10-12-4-2-6-14-8-12)15-9-11-3-1-5-13-7-11/h2,4,6,8,11,13,15H,1,3,5,7,9-10H2. The quantitative estimate of drug-likeness (QED) is 0.816. The van der Waals surface area contributed by atoms with Crippen molar-refractivity contribution < 1.29 is 8.42 Å². The summed E-state index contributed by atoms with van der Waals surface area (Å²) in [5.41, 5.74) is 0.715. The number of aromatic nitrogens is 1. The van der Waals surface area contributed by atoms with Gasteiger partial charge < -0.3 is 5.32 Å². The molecule has 0 aliphatic carbocycles. The van der Waals surface area contributed by atoms with E-state index < -0.39 is 10.0 Å². The summed E-state index contributed by atoms with van der Waals surface area (Å²) in [6.45, 7) is 2.46. The Hall–Kier alpha value is -0.980. The summed E-state index contributed by atoms with van der Waals surface area (Å²) in [6.07, 6.45) is 5.43. The van der Waals surface area contributed by atoms with Gasteiger partial charge in [0.05, 0.1) is 5.75 Å². The fourth-order valence-corrected chi connectivity index (χ4v) is 3.30. The van der Waals surface area contributed by atoms with Gasteiger partial charge in [-0.05, 0) is 43.5 Å². The first-order valence-electron chi connectivity index (χ1n) is 6.23. The Morgan fingerprint density at radius 1 is 1.50 bits per heavy atom. The molecule has 18 heavy (non-hydrogen) atoms. The van der Waals surface area contributed by atoms with Crippen LogP contribution in [-0.4, -0.2) is 33.0 Å². The molecule has 5 nitrogen and oxygen atoms in total. The van der Waals surface area contributed by atoms with Crippen LogP contribution < -0.4 is 10.0 Å². The molecule has 2 N–H and O–H groups in total. The van der Waals surface area contributed by atoms with E-state index >= 15 is 0 Å². The number of nitrogens with one attached hydrogen (secondary N) is 2. The van der Waals surface area contributed by atoms with Gasteiger partial charge in [0.25, 0.3) is 0 Å². The second-order valence-electron chi connectivity index (χ2n) is 4.68. The number of hydrogen-bond acceptors (Lipinski definition) is 4. The predicted molar refractivity (Wildman–Crippen MR) is 70.5 cm³/mol. The molecular formula is C12H19N3O2S. The van der Waals surface area contributed by atoms with Gasteiger partial charge in [0, 0.05) is 18.9 Å². The number of sulfonamides is 1. The van der Waals surface area contributed by atoms with Crippen LogP contribution in [0.1, 0.15) is 18.4 Å². The Kier molecular flexibility index (Phi) is 4.68. The summed E-state index contributed by atoms with van der Waals surface area (Å²) < 4.78 is 26.4. The van der Waals surface area contributed by atoms with Crippen molar-refractivity contribution in [2.24, 2.45) is 5.92 Å². The molecule has 1 aromatic rings. The first-order valence-corrected chi connectivity index (χ1v) is 7.88. The van der Waals surface area contributed by atoms with Crippen LogP contribution in [0.2, 0.25) is 0 Å². The molecule has 0 saturated carbocycles. The van der Waals surface area contributed by atoms with E-state index in [1.807, 2.05) is 0 Å². The predicted octanol–water partition coefficient (Wildman–Crippen LogP) is 0.501. The van der Waals surface area contributed by atoms with Gasteiger partial charge in [-0.15, -0.1) is 0 Å². The Labute approximate surface area is 108 Å². The lowest BCUT2D eigenvalue weighted by Gasteiger charge is -2.22. The van der Waals surface area contributed by atoms with E-state index in [0.29, 0.717) is 18.0 Å². The molecule has 1 aromatic heterocycles. The van der Waals surface area contributed by atoms with E-state index in [1.54, 1.807) is 24.5 Å². The van der Waals surface area contributed by atoms with E-state index in [-0.39, 0.29) is 5.75 Å². The van der Waals surface area contributed by atoms with E-state index in [1.165, 1.54) is 0 Å². The fraction of sp³-hybridized carbons (Fsp3) is 0.583. The van der Waals surface area contributed by atoms with Crippen molar-refractivity contribution in [3.05, 3.63) is 30.1 Å². The minimum absolute atomic E-state index is 0.000981. The van der Waals surface area contributed by atoms with Crippen LogP contribution in [0.15, 0.2) is 24.5 Å². The van der Waals surface area contributed by atoms with Gasteiger partial charge in [0.2, 0.25) is 10.0 Å². The van der Waals surface area contributed by atoms with Gasteiger partial charge in [0.1, 0.15) is 0 Å². The zero-order chi connectivity index (χ0) is 12.8. The first kappa shape index (κ1) is 13.5. The lowest BCUT2D eigenvalue weighted by atomic mass is 10.0. The van der Waals surface area contributed by atoms with Gasteiger partial charge in [-0.25, -0.2) is 13.1 Å². The molecule has 0 bridgehead atoms. The average molecular weight is 269 g/mol. The summed E-state index contributed by atoms with van der Waals surface area (Å²) in [4.78, 5) is 3.92. The number of hydrogen-bond donors (Lipinski definition) is 2. The second-order valence-corrected chi connectivity index (χ2v) is 6.49. The van der Waals surface area contributed by atoms with E-state index in [4.69, 9.17) is 0 Å². The van der Waals surface area contributed by atoms with Crippen molar-refractivity contribution in [3.63, 3.8) is 0 Å². The third-order valence-electron chi connectivity index (χ3n) is 3.07. The lowest BCUT2D eigenvalue weighted by molar-refractivity contribution is 0.376. The molecule has 100 valence electrons. The highest BCUT2D eigenvalue weighted by atomic mass is 32.2. The third kappa shape index (κ3) is 4.36. The second kappa shape index (κ2) is 6.26. The summed E-state index contributed by atoms with van der Waals surface area (Å²) in [6, 6.07) is 3.52. The van der Waals surface area contributed by atoms with Crippen LogP contribution in [0, 0.1) is 5.92 Å². The minimum atomic E-state index is -3.25. The normalized spacial score (nSPS) is 20.8. The monoisotopic (exact) mass is 269 g/mol. The zero-order valence-corrected chi connectivity index (χ0v) is 11.1. The molecule has 1 saturated heterocycles. The van der Waals surface area contributed by atoms with Crippen LogP contribution in [-0.2, 0) is 15.8 Å². The zero-order valence-electron chi connectivity index (χ0n) is 10.3. The van der Waals surface area contributed by atoms with Crippen molar-refractivity contribution in [3.8, 4) is 0 Å². The number of pyridine rings is 1. The molecule has 0 amide bonds. The smallest absolute Gasteiger partial charge is 0.215 e. The molecule has 1 unspecified atom stereocenters. The molecule has 6 heteroatoms. The number of piperidine rings is 1. The van der Waals surface area contributed by atoms with Gasteiger partial charge in [0.15, 0.2) is 0 Å². The van der Waals surface area contributed by atoms with E-state index in [2.05, 4.69) is 15.0 Å². The van der Waals surface area contributed by atoms with Crippen molar-refractivity contribution >= 4 is 10.0 Å². The molecule has 0 radical (unpaired) electrons. The van der Waals surface area contributed by atoms with Gasteiger partial charge in [-0.2, -0.15) is 0 Å². The maximum absolute atomic E-state index is 11.9. The Bertz CT molecular complexity index is 455. The molecule has 1 atom stereocenters. The third-order valence-corrected chi connectivity index (χ3v) is 4.39. The summed E-state index contributed by atoms with van der Waals surface area (Å²) in [7, 11) is -3.25. The van der Waals surface area contributed by atoms with Crippen LogP contribution in [0.3, 0.4) is 0 Å². The molecule has 0 aromatic carbocycles. The van der Waals surface area contributed by atoms with Crippen molar-refractivity contribution in [1.29, 1.82) is 0 Å². The fourth-order valence-electron chi connectivity index (χ4n) is 2.10. The van der Waals surface area contributed by atoms with E-state index in [0.717, 1.165) is 25.9 Å². The summed E-state index contributed by atoms with van der Waals surface area (Å²) in [5.74, 6) is 0.406. The van der Waals surface area contributed by atoms with Crippen molar-refractivity contribution in [2.75, 3.05) is 19.6 Å². The van der Waals surface area contributed by atoms with Gasteiger partial charge in [-0.3, -0.25) is 4.98 Å². The van der Waals surface area contributed by atoms with Crippen LogP contribution in [0.4, 0.5) is 0 Å². The maximum Gasteiger partial charge on any atom is 0.215 e. The maximum atomic E-state index is 11.9. The molecule has 1 aliphatic rings. The molecule has 1 fully saturated rings. The topological polar surface area (TPSA) is 71.1 Å². The molecule has 0 spiro atoms. The van der Waals surface area contributed by atoms with Crippen LogP contribution >= 0.6 is 0 Å². The number of nitrogens with zero attached hydrogens (tertiary/aromatic N) is 1. The van der Waals surface area contributed by atoms with E-state index in [9.17, 15) is 8.42 Å². The van der Waals surface area contributed by atoms with Crippen LogP contribution in [0.25, 0.3) is 0 Å². The minimum Gasteiger partial charge on any atom is -0.316 e. The molecular weight excluding hydrogens is 250 g/mol. The van der Waals surface area contributed by atoms with Crippen molar-refractivity contribution in [2.45, 2.75) is 18.6 Å². The average Bonchev–Trinajstić information content (AvgIpc) is 2.38. The first-order chi connectivity index (χ1) is 8.66. The van der Waals surface area contributed by atoms with Crippen molar-refractivity contribution in [1.82, 2.24) is 15.0 Å². The van der Waals surface area contributed by atoms with Gasteiger partial charge >= 0.3 is 0 Å². The lowest BCUT2D eigenvalue weighted by Crippen LogP contribution is -2.38. The highest BCUT2D eigenvalue weighted by Gasteiger charge is 2.17. The molecule has 2 rings (SSSR count). The van der Waals surface area contributed by atoms with Crippen LogP contribution in [0.5, 0.6) is 0 Å². The summed E-state index contributed by atoms with van der Waals surface area (Å²) in [5, 5.41) is 3.28. The Balaban J connectivity index is 1.83. The Morgan fingerprint density at radius 3 is 3.06 bits per heavy atom.